The number of halogens is 1. The van der Waals surface area contributed by atoms with Crippen LogP contribution in [0.15, 0.2) is 28.7 Å². The average Bonchev–Trinajstić information content (AvgIpc) is 3.00. The lowest BCUT2D eigenvalue weighted by atomic mass is 10.0. The van der Waals surface area contributed by atoms with Crippen molar-refractivity contribution in [3.8, 4) is 0 Å². The van der Waals surface area contributed by atoms with Crippen molar-refractivity contribution in [2.24, 2.45) is 11.1 Å². The first-order valence-corrected chi connectivity index (χ1v) is 8.37. The van der Waals surface area contributed by atoms with E-state index in [4.69, 9.17) is 5.73 Å². The van der Waals surface area contributed by atoms with Crippen molar-refractivity contribution in [1.29, 1.82) is 0 Å². The third-order valence-electron chi connectivity index (χ3n) is 3.74. The quantitative estimate of drug-likeness (QED) is 0.857. The van der Waals surface area contributed by atoms with Gasteiger partial charge in [-0.1, -0.05) is 28.1 Å². The molecule has 6 heteroatoms. The highest BCUT2D eigenvalue weighted by Crippen LogP contribution is 2.61. The van der Waals surface area contributed by atoms with Crippen molar-refractivity contribution in [3.05, 3.63) is 34.3 Å². The molecule has 2 rings (SSSR count). The van der Waals surface area contributed by atoms with Crippen LogP contribution < -0.4 is 5.73 Å². The van der Waals surface area contributed by atoms with Gasteiger partial charge in [0.25, 0.3) is 0 Å². The molecule has 3 N–H and O–H groups in total. The summed E-state index contributed by atoms with van der Waals surface area (Å²) in [7, 11) is -3.22. The fourth-order valence-corrected chi connectivity index (χ4v) is 5.08. The second kappa shape index (κ2) is 4.59. The summed E-state index contributed by atoms with van der Waals surface area (Å²) in [6, 6.07) is 7.48. The minimum absolute atomic E-state index is 0.169. The third kappa shape index (κ3) is 2.11. The van der Waals surface area contributed by atoms with Gasteiger partial charge in [-0.2, -0.15) is 0 Å². The van der Waals surface area contributed by atoms with Gasteiger partial charge in [-0.15, -0.1) is 0 Å². The van der Waals surface area contributed by atoms with E-state index in [0.29, 0.717) is 0 Å². The number of rotatable bonds is 4. The Morgan fingerprint density at radius 2 is 1.94 bits per heavy atom. The molecule has 0 heterocycles. The van der Waals surface area contributed by atoms with Gasteiger partial charge in [-0.25, -0.2) is 8.42 Å². The molecule has 1 aliphatic rings. The molecule has 0 aliphatic heterocycles. The molecule has 0 unspecified atom stereocenters. The van der Waals surface area contributed by atoms with E-state index in [0.717, 1.165) is 10.0 Å². The normalized spacial score (nSPS) is 31.3. The Kier molecular flexibility index (Phi) is 3.57. The van der Waals surface area contributed by atoms with Crippen molar-refractivity contribution < 1.29 is 13.5 Å². The van der Waals surface area contributed by atoms with Gasteiger partial charge in [0.15, 0.2) is 9.84 Å². The van der Waals surface area contributed by atoms with Crippen LogP contribution in [-0.4, -0.2) is 38.2 Å². The number of hydrogen-bond acceptors (Lipinski definition) is 4. The van der Waals surface area contributed by atoms with Gasteiger partial charge in [0.05, 0.1) is 11.9 Å². The predicted octanol–water partition coefficient (Wildman–Crippen LogP) is 0.897. The van der Waals surface area contributed by atoms with Gasteiger partial charge >= 0.3 is 0 Å². The van der Waals surface area contributed by atoms with Gasteiger partial charge in [0.2, 0.25) is 0 Å². The standard InChI is InChI=1S/C12H16BrNO3S/c1-18(16,17)11-10(12(11,6-14)7-15)8-2-4-9(13)5-3-8/h2-5,10-11,15H,6-7,14H2,1H3/t10-,11-,12+/m0/s1. The fourth-order valence-electron chi connectivity index (χ4n) is 2.80. The molecular weight excluding hydrogens is 318 g/mol. The summed E-state index contributed by atoms with van der Waals surface area (Å²) in [6.07, 6.45) is 1.20. The molecule has 1 aromatic rings. The maximum Gasteiger partial charge on any atom is 0.151 e. The largest absolute Gasteiger partial charge is 0.396 e. The lowest BCUT2D eigenvalue weighted by Crippen LogP contribution is -2.27. The molecular formula is C12H16BrNO3S. The molecule has 4 nitrogen and oxygen atoms in total. The summed E-state index contributed by atoms with van der Waals surface area (Å²) < 4.78 is 24.5. The summed E-state index contributed by atoms with van der Waals surface area (Å²) in [4.78, 5) is 0. The number of aliphatic hydroxyl groups excluding tert-OH is 1. The molecule has 100 valence electrons. The minimum Gasteiger partial charge on any atom is -0.396 e. The Morgan fingerprint density at radius 3 is 2.28 bits per heavy atom. The van der Waals surface area contributed by atoms with E-state index >= 15 is 0 Å². The van der Waals surface area contributed by atoms with E-state index in [9.17, 15) is 13.5 Å². The number of aliphatic hydroxyl groups is 1. The van der Waals surface area contributed by atoms with Crippen molar-refractivity contribution in [2.45, 2.75) is 11.2 Å². The van der Waals surface area contributed by atoms with Crippen LogP contribution in [0.25, 0.3) is 0 Å². The third-order valence-corrected chi connectivity index (χ3v) is 5.94. The van der Waals surface area contributed by atoms with Gasteiger partial charge in [-0.3, -0.25) is 0 Å². The first-order chi connectivity index (χ1) is 8.36. The Labute approximate surface area is 115 Å². The van der Waals surface area contributed by atoms with Crippen LogP contribution in [0.1, 0.15) is 11.5 Å². The highest BCUT2D eigenvalue weighted by Gasteiger charge is 2.68. The van der Waals surface area contributed by atoms with Crippen molar-refractivity contribution in [3.63, 3.8) is 0 Å². The molecule has 18 heavy (non-hydrogen) atoms. The van der Waals surface area contributed by atoms with Crippen molar-refractivity contribution in [2.75, 3.05) is 19.4 Å². The zero-order valence-electron chi connectivity index (χ0n) is 10.0. The summed E-state index contributed by atoms with van der Waals surface area (Å²) >= 11 is 3.34. The number of nitrogens with two attached hydrogens (primary N) is 1. The predicted molar refractivity (Wildman–Crippen MR) is 74.1 cm³/mol. The Balaban J connectivity index is 2.41. The average molecular weight is 334 g/mol. The van der Waals surface area contributed by atoms with Crippen LogP contribution in [0.5, 0.6) is 0 Å². The molecule has 0 saturated heterocycles. The summed E-state index contributed by atoms with van der Waals surface area (Å²) in [5.74, 6) is -0.212. The molecule has 0 radical (unpaired) electrons. The maximum atomic E-state index is 11.8. The zero-order chi connectivity index (χ0) is 13.6. The molecule has 1 saturated carbocycles. The van der Waals surface area contributed by atoms with E-state index in [-0.39, 0.29) is 19.1 Å². The molecule has 1 fully saturated rings. The van der Waals surface area contributed by atoms with Crippen molar-refractivity contribution in [1.82, 2.24) is 0 Å². The number of benzene rings is 1. The Hall–Kier alpha value is -0.430. The van der Waals surface area contributed by atoms with E-state index in [1.807, 2.05) is 24.3 Å². The SMILES string of the molecule is CS(=O)(=O)[C@H]1[C@H](c2ccc(Br)cc2)[C@@]1(CN)CO. The van der Waals surface area contributed by atoms with Gasteiger partial charge in [0.1, 0.15) is 0 Å². The van der Waals surface area contributed by atoms with Crippen LogP contribution in [0.4, 0.5) is 0 Å². The molecule has 3 atom stereocenters. The topological polar surface area (TPSA) is 80.4 Å². The van der Waals surface area contributed by atoms with E-state index in [2.05, 4.69) is 15.9 Å². The molecule has 1 aliphatic carbocycles. The number of sulfone groups is 1. The van der Waals surface area contributed by atoms with Crippen LogP contribution in [-0.2, 0) is 9.84 Å². The lowest BCUT2D eigenvalue weighted by Gasteiger charge is -2.11. The minimum atomic E-state index is -3.22. The Bertz CT molecular complexity index is 537. The van der Waals surface area contributed by atoms with Gasteiger partial charge < -0.3 is 10.8 Å². The summed E-state index contributed by atoms with van der Waals surface area (Å²) in [5.41, 5.74) is 5.88. The van der Waals surface area contributed by atoms with Crippen LogP contribution in [0.2, 0.25) is 0 Å². The summed E-state index contributed by atoms with van der Waals surface area (Å²) in [5, 5.41) is 8.94. The second-order valence-corrected chi connectivity index (χ2v) is 7.96. The Morgan fingerprint density at radius 1 is 1.39 bits per heavy atom. The summed E-state index contributed by atoms with van der Waals surface area (Å²) in [6.45, 7) is -0.0378. The van der Waals surface area contributed by atoms with E-state index in [1.165, 1.54) is 6.26 Å². The molecule has 0 spiro atoms. The first-order valence-electron chi connectivity index (χ1n) is 5.62. The van der Waals surface area contributed by atoms with Crippen molar-refractivity contribution >= 4 is 25.8 Å². The molecule has 1 aromatic carbocycles. The van der Waals surface area contributed by atoms with E-state index in [1.54, 1.807) is 0 Å². The zero-order valence-corrected chi connectivity index (χ0v) is 12.4. The lowest BCUT2D eigenvalue weighted by molar-refractivity contribution is 0.212. The van der Waals surface area contributed by atoms with Gasteiger partial charge in [0, 0.05) is 28.6 Å². The highest BCUT2D eigenvalue weighted by molar-refractivity contribution is 9.10. The fraction of sp³-hybridized carbons (Fsp3) is 0.500. The van der Waals surface area contributed by atoms with Crippen LogP contribution in [0.3, 0.4) is 0 Å². The van der Waals surface area contributed by atoms with E-state index < -0.39 is 20.5 Å². The van der Waals surface area contributed by atoms with Crippen LogP contribution in [0, 0.1) is 5.41 Å². The van der Waals surface area contributed by atoms with Gasteiger partial charge in [-0.05, 0) is 17.7 Å². The smallest absolute Gasteiger partial charge is 0.151 e. The van der Waals surface area contributed by atoms with Crippen LogP contribution >= 0.6 is 15.9 Å². The maximum absolute atomic E-state index is 11.8. The molecule has 0 bridgehead atoms. The second-order valence-electron chi connectivity index (χ2n) is 4.87. The number of hydrogen-bond donors (Lipinski definition) is 2. The monoisotopic (exact) mass is 333 g/mol. The molecule has 0 aromatic heterocycles. The first kappa shape index (κ1) is 14.0. The molecule has 0 amide bonds. The highest BCUT2D eigenvalue weighted by atomic mass is 79.9.